The van der Waals surface area contributed by atoms with Crippen molar-refractivity contribution in [3.8, 4) is 0 Å². The molecule has 2 nitrogen and oxygen atoms in total. The van der Waals surface area contributed by atoms with Crippen LogP contribution in [0.4, 0.5) is 4.39 Å². The number of hydrogen-bond acceptors (Lipinski definition) is 2. The number of rotatable bonds is 4. The van der Waals surface area contributed by atoms with E-state index in [1.165, 1.54) is 7.11 Å². The summed E-state index contributed by atoms with van der Waals surface area (Å²) < 4.78 is 17.6. The van der Waals surface area contributed by atoms with E-state index in [0.717, 1.165) is 5.56 Å². The van der Waals surface area contributed by atoms with Crippen LogP contribution < -0.4 is 0 Å². The van der Waals surface area contributed by atoms with E-state index in [1.54, 1.807) is 0 Å². The van der Waals surface area contributed by atoms with Gasteiger partial charge in [-0.2, -0.15) is 0 Å². The van der Waals surface area contributed by atoms with Crippen molar-refractivity contribution in [2.75, 3.05) is 7.11 Å². The molecular weight excluding hydrogens is 183 g/mol. The Morgan fingerprint density at radius 2 is 2.07 bits per heavy atom. The fraction of sp³-hybridized carbons (Fsp3) is 0.364. The molecule has 0 aliphatic rings. The zero-order chi connectivity index (χ0) is 10.4. The number of benzene rings is 1. The first kappa shape index (κ1) is 10.7. The Morgan fingerprint density at radius 1 is 1.43 bits per heavy atom. The van der Waals surface area contributed by atoms with E-state index in [9.17, 15) is 9.18 Å². The Bertz CT molecular complexity index is 285. The molecule has 0 bridgehead atoms. The first-order chi connectivity index (χ1) is 6.72. The molecule has 14 heavy (non-hydrogen) atoms. The lowest BCUT2D eigenvalue weighted by Gasteiger charge is -2.06. The lowest BCUT2D eigenvalue weighted by molar-refractivity contribution is -0.141. The smallest absolute Gasteiger partial charge is 0.308 e. The molecule has 0 N–H and O–H groups in total. The van der Waals surface area contributed by atoms with Crippen LogP contribution in [0.15, 0.2) is 30.3 Å². The molecule has 76 valence electrons. The lowest BCUT2D eigenvalue weighted by atomic mass is 10.1. The minimum atomic E-state index is -1.16. The highest BCUT2D eigenvalue weighted by Gasteiger charge is 2.13. The van der Waals surface area contributed by atoms with Crippen molar-refractivity contribution in [3.05, 3.63) is 35.9 Å². The molecule has 0 saturated carbocycles. The Hall–Kier alpha value is -1.38. The minimum absolute atomic E-state index is 0.175. The summed E-state index contributed by atoms with van der Waals surface area (Å²) in [5.74, 6) is -0.506. The van der Waals surface area contributed by atoms with Gasteiger partial charge in [0, 0.05) is 6.42 Å². The highest BCUT2D eigenvalue weighted by molar-refractivity contribution is 5.69. The number of halogens is 1. The van der Waals surface area contributed by atoms with Crippen LogP contribution >= 0.6 is 0 Å². The van der Waals surface area contributed by atoms with Crippen LogP contribution in [0.1, 0.15) is 12.0 Å². The molecule has 1 rings (SSSR count). The number of carbonyl (C=O) groups is 1. The van der Waals surface area contributed by atoms with Crippen LogP contribution in [-0.2, 0) is 16.0 Å². The number of alkyl halides is 1. The largest absolute Gasteiger partial charge is 0.469 e. The average molecular weight is 196 g/mol. The summed E-state index contributed by atoms with van der Waals surface area (Å²) in [7, 11) is 1.26. The van der Waals surface area contributed by atoms with Gasteiger partial charge in [0.05, 0.1) is 13.5 Å². The molecule has 1 aromatic rings. The predicted octanol–water partition coefficient (Wildman–Crippen LogP) is 2.13. The van der Waals surface area contributed by atoms with Gasteiger partial charge in [0.25, 0.3) is 0 Å². The summed E-state index contributed by atoms with van der Waals surface area (Å²) in [5.41, 5.74) is 0.893. The molecule has 0 amide bonds. The maximum Gasteiger partial charge on any atom is 0.308 e. The fourth-order valence-corrected chi connectivity index (χ4v) is 1.21. The first-order valence-corrected chi connectivity index (χ1v) is 4.47. The van der Waals surface area contributed by atoms with Gasteiger partial charge in [0.15, 0.2) is 0 Å². The molecule has 0 aliphatic heterocycles. The summed E-state index contributed by atoms with van der Waals surface area (Å²) >= 11 is 0. The third-order valence-corrected chi connectivity index (χ3v) is 1.92. The van der Waals surface area contributed by atoms with Gasteiger partial charge in [-0.25, -0.2) is 4.39 Å². The SMILES string of the molecule is COC(=O)CC(F)Cc1ccccc1. The summed E-state index contributed by atoms with van der Waals surface area (Å²) in [6.07, 6.45) is -1.08. The van der Waals surface area contributed by atoms with Crippen LogP contribution in [-0.4, -0.2) is 19.3 Å². The van der Waals surface area contributed by atoms with E-state index in [0.29, 0.717) is 0 Å². The van der Waals surface area contributed by atoms with Crippen molar-refractivity contribution in [1.82, 2.24) is 0 Å². The van der Waals surface area contributed by atoms with Gasteiger partial charge in [-0.15, -0.1) is 0 Å². The first-order valence-electron chi connectivity index (χ1n) is 4.47. The van der Waals surface area contributed by atoms with Gasteiger partial charge in [-0.05, 0) is 5.56 Å². The Labute approximate surface area is 82.7 Å². The summed E-state index contributed by atoms with van der Waals surface area (Å²) in [5, 5.41) is 0. The van der Waals surface area contributed by atoms with E-state index in [4.69, 9.17) is 0 Å². The molecule has 0 spiro atoms. The van der Waals surface area contributed by atoms with Crippen LogP contribution in [0.3, 0.4) is 0 Å². The summed E-state index contributed by atoms with van der Waals surface area (Å²) in [6, 6.07) is 9.24. The number of methoxy groups -OCH3 is 1. The quantitative estimate of drug-likeness (QED) is 0.689. The van der Waals surface area contributed by atoms with Gasteiger partial charge in [0.1, 0.15) is 6.17 Å². The molecule has 0 saturated heterocycles. The van der Waals surface area contributed by atoms with Crippen molar-refractivity contribution in [2.45, 2.75) is 19.0 Å². The van der Waals surface area contributed by atoms with E-state index in [1.807, 2.05) is 30.3 Å². The molecule has 0 fully saturated rings. The van der Waals surface area contributed by atoms with Crippen molar-refractivity contribution >= 4 is 5.97 Å². The summed E-state index contributed by atoms with van der Waals surface area (Å²) in [6.45, 7) is 0. The molecule has 0 aromatic heterocycles. The normalized spacial score (nSPS) is 12.1. The molecule has 1 atom stereocenters. The van der Waals surface area contributed by atoms with Crippen molar-refractivity contribution < 1.29 is 13.9 Å². The molecule has 1 aromatic carbocycles. The predicted molar refractivity (Wildman–Crippen MR) is 51.7 cm³/mol. The number of ether oxygens (including phenoxy) is 1. The van der Waals surface area contributed by atoms with Gasteiger partial charge in [-0.1, -0.05) is 30.3 Å². The maximum absolute atomic E-state index is 13.2. The zero-order valence-electron chi connectivity index (χ0n) is 8.07. The highest BCUT2D eigenvalue weighted by atomic mass is 19.1. The van der Waals surface area contributed by atoms with Crippen LogP contribution in [0.25, 0.3) is 0 Å². The second-order valence-electron chi connectivity index (χ2n) is 3.07. The second-order valence-corrected chi connectivity index (χ2v) is 3.07. The average Bonchev–Trinajstić information content (AvgIpc) is 2.19. The third kappa shape index (κ3) is 3.56. The number of hydrogen-bond donors (Lipinski definition) is 0. The molecule has 3 heteroatoms. The van der Waals surface area contributed by atoms with E-state index in [-0.39, 0.29) is 12.8 Å². The maximum atomic E-state index is 13.2. The van der Waals surface area contributed by atoms with Crippen molar-refractivity contribution in [3.63, 3.8) is 0 Å². The van der Waals surface area contributed by atoms with Gasteiger partial charge in [-0.3, -0.25) is 4.79 Å². The molecule has 0 aliphatic carbocycles. The van der Waals surface area contributed by atoms with Crippen molar-refractivity contribution in [2.24, 2.45) is 0 Å². The Kier molecular flexibility index (Phi) is 4.11. The van der Waals surface area contributed by atoms with Gasteiger partial charge < -0.3 is 4.74 Å². The van der Waals surface area contributed by atoms with Crippen LogP contribution in [0.2, 0.25) is 0 Å². The van der Waals surface area contributed by atoms with E-state index in [2.05, 4.69) is 4.74 Å². The Morgan fingerprint density at radius 3 is 2.64 bits per heavy atom. The Balaban J connectivity index is 2.41. The monoisotopic (exact) mass is 196 g/mol. The third-order valence-electron chi connectivity index (χ3n) is 1.92. The van der Waals surface area contributed by atoms with Gasteiger partial charge in [0.2, 0.25) is 0 Å². The summed E-state index contributed by atoms with van der Waals surface area (Å²) in [4.78, 5) is 10.8. The standard InChI is InChI=1S/C11H13FO2/c1-14-11(13)8-10(12)7-9-5-3-2-4-6-9/h2-6,10H,7-8H2,1H3. The minimum Gasteiger partial charge on any atom is -0.469 e. The second kappa shape index (κ2) is 5.37. The highest BCUT2D eigenvalue weighted by Crippen LogP contribution is 2.09. The number of esters is 1. The van der Waals surface area contributed by atoms with Crippen molar-refractivity contribution in [1.29, 1.82) is 0 Å². The molecule has 0 radical (unpaired) electrons. The molecule has 1 unspecified atom stereocenters. The molecule has 0 heterocycles. The van der Waals surface area contributed by atoms with Crippen LogP contribution in [0, 0.1) is 0 Å². The van der Waals surface area contributed by atoms with E-state index >= 15 is 0 Å². The fourth-order valence-electron chi connectivity index (χ4n) is 1.21. The molecular formula is C11H13FO2. The van der Waals surface area contributed by atoms with Crippen LogP contribution in [0.5, 0.6) is 0 Å². The van der Waals surface area contributed by atoms with E-state index < -0.39 is 12.1 Å². The lowest BCUT2D eigenvalue weighted by Crippen LogP contribution is -2.12. The number of carbonyl (C=O) groups excluding carboxylic acids is 1. The van der Waals surface area contributed by atoms with Gasteiger partial charge >= 0.3 is 5.97 Å². The topological polar surface area (TPSA) is 26.3 Å². The zero-order valence-corrected chi connectivity index (χ0v) is 8.07.